The maximum Gasteiger partial charge on any atom is 0.267 e. The zero-order chi connectivity index (χ0) is 20.2. The molecule has 2 saturated heterocycles. The van der Waals surface area contributed by atoms with Crippen LogP contribution in [0.15, 0.2) is 34.8 Å². The number of hydrogen-bond acceptors (Lipinski definition) is 6. The van der Waals surface area contributed by atoms with E-state index in [4.69, 9.17) is 9.72 Å². The van der Waals surface area contributed by atoms with Gasteiger partial charge in [0.1, 0.15) is 23.1 Å². The Labute approximate surface area is 168 Å². The highest BCUT2D eigenvalue weighted by atomic mass is 16.5. The van der Waals surface area contributed by atoms with Gasteiger partial charge in [-0.25, -0.2) is 4.98 Å². The van der Waals surface area contributed by atoms with E-state index in [1.807, 2.05) is 12.1 Å². The summed E-state index contributed by atoms with van der Waals surface area (Å²) in [4.78, 5) is 34.5. The molecular formula is C21H23N5O3. The molecule has 0 spiro atoms. The van der Waals surface area contributed by atoms with Crippen molar-refractivity contribution in [1.29, 1.82) is 5.26 Å². The van der Waals surface area contributed by atoms with Crippen LogP contribution in [0.2, 0.25) is 0 Å². The van der Waals surface area contributed by atoms with Crippen LogP contribution in [0, 0.1) is 11.3 Å². The van der Waals surface area contributed by atoms with Gasteiger partial charge < -0.3 is 14.5 Å². The number of ether oxygens (including phenoxy) is 1. The summed E-state index contributed by atoms with van der Waals surface area (Å²) in [5.41, 5.74) is 0.501. The first-order chi connectivity index (χ1) is 14.2. The lowest BCUT2D eigenvalue weighted by atomic mass is 10.1. The zero-order valence-electron chi connectivity index (χ0n) is 16.2. The molecule has 2 fully saturated rings. The van der Waals surface area contributed by atoms with Crippen LogP contribution < -0.4 is 10.5 Å². The van der Waals surface area contributed by atoms with Crippen LogP contribution in [0.3, 0.4) is 0 Å². The summed E-state index contributed by atoms with van der Waals surface area (Å²) in [7, 11) is 0. The molecule has 8 heteroatoms. The number of carbonyl (C=O) groups excluding carboxylic acids is 1. The van der Waals surface area contributed by atoms with Crippen molar-refractivity contribution in [3.05, 3.63) is 45.9 Å². The van der Waals surface area contributed by atoms with Crippen molar-refractivity contribution in [2.75, 3.05) is 44.3 Å². The predicted molar refractivity (Wildman–Crippen MR) is 109 cm³/mol. The molecule has 4 rings (SSSR count). The third kappa shape index (κ3) is 3.87. The number of amides is 1. The average molecular weight is 393 g/mol. The van der Waals surface area contributed by atoms with Crippen LogP contribution in [0.4, 0.5) is 5.82 Å². The van der Waals surface area contributed by atoms with Crippen LogP contribution in [0.5, 0.6) is 0 Å². The first-order valence-electron chi connectivity index (χ1n) is 9.94. The van der Waals surface area contributed by atoms with Crippen LogP contribution in [-0.2, 0) is 9.53 Å². The molecule has 0 radical (unpaired) electrons. The van der Waals surface area contributed by atoms with Gasteiger partial charge in [0.25, 0.3) is 11.5 Å². The Morgan fingerprint density at radius 2 is 1.90 bits per heavy atom. The van der Waals surface area contributed by atoms with Crippen molar-refractivity contribution in [2.24, 2.45) is 0 Å². The third-order valence-electron chi connectivity index (χ3n) is 5.34. The fourth-order valence-electron chi connectivity index (χ4n) is 3.79. The topological polar surface area (TPSA) is 90.9 Å². The molecule has 8 nitrogen and oxygen atoms in total. The van der Waals surface area contributed by atoms with Gasteiger partial charge in [-0.05, 0) is 37.5 Å². The molecule has 29 heavy (non-hydrogen) atoms. The van der Waals surface area contributed by atoms with Crippen molar-refractivity contribution in [2.45, 2.75) is 19.3 Å². The zero-order valence-corrected chi connectivity index (χ0v) is 16.2. The van der Waals surface area contributed by atoms with E-state index in [9.17, 15) is 14.9 Å². The minimum Gasteiger partial charge on any atom is -0.378 e. The molecule has 150 valence electrons. The van der Waals surface area contributed by atoms with Crippen molar-refractivity contribution in [3.63, 3.8) is 0 Å². The lowest BCUT2D eigenvalue weighted by Gasteiger charge is -2.29. The molecule has 0 aromatic carbocycles. The highest BCUT2D eigenvalue weighted by molar-refractivity contribution is 6.02. The van der Waals surface area contributed by atoms with E-state index in [1.165, 1.54) is 10.5 Å². The third-order valence-corrected chi connectivity index (χ3v) is 5.34. The summed E-state index contributed by atoms with van der Waals surface area (Å²) in [6.45, 7) is 3.37. The van der Waals surface area contributed by atoms with Gasteiger partial charge in [-0.15, -0.1) is 0 Å². The minimum absolute atomic E-state index is 0.0556. The van der Waals surface area contributed by atoms with E-state index < -0.39 is 0 Å². The van der Waals surface area contributed by atoms with E-state index >= 15 is 0 Å². The number of nitriles is 1. The maximum absolute atomic E-state index is 13.2. The number of fused-ring (bicyclic) bond motifs is 1. The lowest BCUT2D eigenvalue weighted by Crippen LogP contribution is -2.41. The first-order valence-corrected chi connectivity index (χ1v) is 9.94. The fraction of sp³-hybridized carbons (Fsp3) is 0.429. The quantitative estimate of drug-likeness (QED) is 0.579. The summed E-state index contributed by atoms with van der Waals surface area (Å²) in [6.07, 6.45) is 6.26. The van der Waals surface area contributed by atoms with Gasteiger partial charge in [-0.3, -0.25) is 14.0 Å². The Morgan fingerprint density at radius 3 is 2.62 bits per heavy atom. The molecular weight excluding hydrogens is 370 g/mol. The number of anilines is 1. The second-order valence-corrected chi connectivity index (χ2v) is 7.21. The Hall–Kier alpha value is -3.18. The first kappa shape index (κ1) is 19.2. The molecule has 0 atom stereocenters. The van der Waals surface area contributed by atoms with Crippen LogP contribution >= 0.6 is 0 Å². The number of aromatic nitrogens is 2. The van der Waals surface area contributed by atoms with Crippen molar-refractivity contribution in [1.82, 2.24) is 14.3 Å². The van der Waals surface area contributed by atoms with Gasteiger partial charge in [-0.1, -0.05) is 6.07 Å². The summed E-state index contributed by atoms with van der Waals surface area (Å²) >= 11 is 0. The molecule has 0 saturated carbocycles. The van der Waals surface area contributed by atoms with E-state index in [2.05, 4.69) is 4.90 Å². The molecule has 1 amide bonds. The van der Waals surface area contributed by atoms with Gasteiger partial charge in [0.05, 0.1) is 18.8 Å². The average Bonchev–Trinajstić information content (AvgIpc) is 2.79. The summed E-state index contributed by atoms with van der Waals surface area (Å²) < 4.78 is 6.73. The highest BCUT2D eigenvalue weighted by Crippen LogP contribution is 2.23. The predicted octanol–water partition coefficient (Wildman–Crippen LogP) is 1.45. The molecule has 2 aromatic heterocycles. The van der Waals surface area contributed by atoms with Crippen molar-refractivity contribution in [3.8, 4) is 6.07 Å². The Kier molecular flexibility index (Phi) is 5.58. The second kappa shape index (κ2) is 8.45. The minimum atomic E-state index is -0.377. The van der Waals surface area contributed by atoms with E-state index in [1.54, 1.807) is 23.2 Å². The van der Waals surface area contributed by atoms with Gasteiger partial charge in [0.15, 0.2) is 0 Å². The van der Waals surface area contributed by atoms with Gasteiger partial charge in [-0.2, -0.15) is 5.26 Å². The van der Waals surface area contributed by atoms with Gasteiger partial charge >= 0.3 is 0 Å². The van der Waals surface area contributed by atoms with E-state index in [0.29, 0.717) is 37.8 Å². The second-order valence-electron chi connectivity index (χ2n) is 7.21. The number of piperidine rings is 1. The molecule has 0 N–H and O–H groups in total. The monoisotopic (exact) mass is 393 g/mol. The molecule has 2 aromatic rings. The Bertz CT molecular complexity index is 1040. The van der Waals surface area contributed by atoms with E-state index in [-0.39, 0.29) is 22.6 Å². The number of hydrogen-bond donors (Lipinski definition) is 0. The van der Waals surface area contributed by atoms with Crippen LogP contribution in [0.1, 0.15) is 24.8 Å². The Balaban J connectivity index is 1.82. The molecule has 0 unspecified atom stereocenters. The molecule has 2 aliphatic heterocycles. The SMILES string of the molecule is N#C/C(=C\c1c(N2CCCCC2)nc2ccccn2c1=O)C(=O)N1CCOCC1. The highest BCUT2D eigenvalue weighted by Gasteiger charge is 2.24. The fourth-order valence-corrected chi connectivity index (χ4v) is 3.79. The number of carbonyl (C=O) groups is 1. The number of nitrogens with zero attached hydrogens (tertiary/aromatic N) is 5. The van der Waals surface area contributed by atoms with Crippen molar-refractivity contribution < 1.29 is 9.53 Å². The lowest BCUT2D eigenvalue weighted by molar-refractivity contribution is -0.130. The number of morpholine rings is 1. The maximum atomic E-state index is 13.2. The van der Waals surface area contributed by atoms with Crippen LogP contribution in [-0.4, -0.2) is 59.6 Å². The number of rotatable bonds is 3. The molecule has 0 bridgehead atoms. The standard InChI is InChI=1S/C21H23N5O3/c22-15-16(20(27)25-10-12-29-13-11-25)14-17-19(24-7-3-1-4-8-24)23-18-6-2-5-9-26(18)21(17)28/h2,5-6,9,14H,1,3-4,7-8,10-13H2/b16-14+. The number of pyridine rings is 1. The largest absolute Gasteiger partial charge is 0.378 e. The summed E-state index contributed by atoms with van der Waals surface area (Å²) in [6, 6.07) is 7.36. The molecule has 0 aliphatic carbocycles. The van der Waals surface area contributed by atoms with Gasteiger partial charge in [0.2, 0.25) is 0 Å². The molecule has 4 heterocycles. The van der Waals surface area contributed by atoms with Crippen molar-refractivity contribution >= 4 is 23.4 Å². The normalized spacial score (nSPS) is 18.0. The van der Waals surface area contributed by atoms with Gasteiger partial charge in [0, 0.05) is 32.4 Å². The summed E-state index contributed by atoms with van der Waals surface area (Å²) in [5, 5.41) is 9.65. The van der Waals surface area contributed by atoms with Crippen LogP contribution in [0.25, 0.3) is 11.7 Å². The smallest absolute Gasteiger partial charge is 0.267 e. The molecule has 2 aliphatic rings. The Morgan fingerprint density at radius 1 is 1.14 bits per heavy atom. The van der Waals surface area contributed by atoms with E-state index in [0.717, 1.165) is 32.4 Å². The summed E-state index contributed by atoms with van der Waals surface area (Å²) in [5.74, 6) is 0.168.